The maximum Gasteiger partial charge on any atom is 0.270 e. The first kappa shape index (κ1) is 18.1. The Morgan fingerprint density at radius 3 is 2.39 bits per heavy atom. The normalized spacial score (nSPS) is 11.6. The summed E-state index contributed by atoms with van der Waals surface area (Å²) >= 11 is 3.76. The van der Waals surface area contributed by atoms with Crippen LogP contribution in [0.5, 0.6) is 0 Å². The van der Waals surface area contributed by atoms with Gasteiger partial charge in [-0.05, 0) is 35.0 Å². The number of hydrogen-bond donors (Lipinski definition) is 0. The summed E-state index contributed by atoms with van der Waals surface area (Å²) in [5.74, 6) is 0. The summed E-state index contributed by atoms with van der Waals surface area (Å²) in [6, 6.07) is 29.9. The van der Waals surface area contributed by atoms with Gasteiger partial charge in [-0.2, -0.15) is 0 Å². The first-order valence-corrected chi connectivity index (χ1v) is 10.7. The van der Waals surface area contributed by atoms with Crippen LogP contribution in [-0.2, 0) is 0 Å². The van der Waals surface area contributed by atoms with Crippen molar-refractivity contribution in [2.24, 2.45) is 0 Å². The molecule has 0 N–H and O–H groups in total. The van der Waals surface area contributed by atoms with Gasteiger partial charge in [-0.1, -0.05) is 70.5 Å². The molecule has 4 nitrogen and oxygen atoms in total. The molecule has 0 aliphatic rings. The summed E-state index contributed by atoms with van der Waals surface area (Å²) in [5, 5.41) is 17.9. The van der Waals surface area contributed by atoms with E-state index < -0.39 is 0 Å². The largest absolute Gasteiger partial charge is 0.308 e. The number of hydrogen-bond acceptors (Lipinski definition) is 2. The molecule has 6 aromatic rings. The molecule has 1 aromatic heterocycles. The van der Waals surface area contributed by atoms with E-state index in [1.807, 2.05) is 42.5 Å². The number of nitro groups is 1. The molecule has 1 heterocycles. The number of benzene rings is 5. The van der Waals surface area contributed by atoms with Crippen molar-refractivity contribution >= 4 is 65.0 Å². The Kier molecular flexibility index (Phi) is 3.88. The predicted octanol–water partition coefficient (Wildman–Crippen LogP) is 7.76. The summed E-state index contributed by atoms with van der Waals surface area (Å²) < 4.78 is 3.26. The standard InChI is InChI=1S/C26H15BrN2O2/c27-22-8-3-6-17-12-14-20-19-7-1-2-9-23(19)28(26(20)25(17)22)24-10-4-5-16-11-13-18(29(30)31)15-21(16)24/h1-15H. The van der Waals surface area contributed by atoms with E-state index in [2.05, 4.69) is 56.9 Å². The maximum atomic E-state index is 11.5. The molecular weight excluding hydrogens is 452 g/mol. The highest BCUT2D eigenvalue weighted by molar-refractivity contribution is 9.10. The molecule has 31 heavy (non-hydrogen) atoms. The van der Waals surface area contributed by atoms with E-state index in [-0.39, 0.29) is 10.6 Å². The molecule has 0 bridgehead atoms. The second kappa shape index (κ2) is 6.65. The second-order valence-corrected chi connectivity index (χ2v) is 8.45. The van der Waals surface area contributed by atoms with Crippen molar-refractivity contribution in [3.8, 4) is 5.69 Å². The zero-order valence-electron chi connectivity index (χ0n) is 16.2. The molecule has 5 aromatic carbocycles. The molecule has 0 atom stereocenters. The highest BCUT2D eigenvalue weighted by atomic mass is 79.9. The van der Waals surface area contributed by atoms with E-state index in [9.17, 15) is 10.1 Å². The Hall–Kier alpha value is -3.70. The van der Waals surface area contributed by atoms with Gasteiger partial charge in [-0.3, -0.25) is 10.1 Å². The van der Waals surface area contributed by atoms with Crippen LogP contribution < -0.4 is 0 Å². The average molecular weight is 467 g/mol. The molecule has 0 saturated carbocycles. The third-order valence-corrected chi connectivity index (χ3v) is 6.58. The van der Waals surface area contributed by atoms with Crippen LogP contribution in [-0.4, -0.2) is 9.49 Å². The van der Waals surface area contributed by atoms with Gasteiger partial charge >= 0.3 is 0 Å². The first-order chi connectivity index (χ1) is 15.1. The second-order valence-electron chi connectivity index (χ2n) is 7.59. The lowest BCUT2D eigenvalue weighted by atomic mass is 10.1. The van der Waals surface area contributed by atoms with Crippen molar-refractivity contribution in [3.05, 3.63) is 106 Å². The summed E-state index contributed by atoms with van der Waals surface area (Å²) in [6.45, 7) is 0. The van der Waals surface area contributed by atoms with Gasteiger partial charge < -0.3 is 4.57 Å². The number of halogens is 1. The van der Waals surface area contributed by atoms with Crippen LogP contribution in [0.15, 0.2) is 95.5 Å². The number of aromatic nitrogens is 1. The van der Waals surface area contributed by atoms with Gasteiger partial charge in [0.1, 0.15) is 0 Å². The van der Waals surface area contributed by atoms with E-state index in [0.29, 0.717) is 0 Å². The minimum atomic E-state index is -0.339. The summed E-state index contributed by atoms with van der Waals surface area (Å²) in [7, 11) is 0. The monoisotopic (exact) mass is 466 g/mol. The number of fused-ring (bicyclic) bond motifs is 6. The van der Waals surface area contributed by atoms with Gasteiger partial charge in [-0.15, -0.1) is 0 Å². The van der Waals surface area contributed by atoms with Crippen LogP contribution in [0.2, 0.25) is 0 Å². The highest BCUT2D eigenvalue weighted by Gasteiger charge is 2.18. The molecule has 0 saturated heterocycles. The lowest BCUT2D eigenvalue weighted by Crippen LogP contribution is -1.97. The molecule has 0 radical (unpaired) electrons. The summed E-state index contributed by atoms with van der Waals surface area (Å²) in [6.07, 6.45) is 0. The number of nitro benzene ring substituents is 1. The Morgan fingerprint density at radius 2 is 1.52 bits per heavy atom. The smallest absolute Gasteiger partial charge is 0.270 e. The highest BCUT2D eigenvalue weighted by Crippen LogP contribution is 2.40. The SMILES string of the molecule is O=[N+]([O-])c1ccc2cccc(-n3c4ccccc4c4ccc5cccc(Br)c5c43)c2c1. The Bertz CT molecular complexity index is 1680. The van der Waals surface area contributed by atoms with Crippen LogP contribution >= 0.6 is 15.9 Å². The zero-order chi connectivity index (χ0) is 21.1. The van der Waals surface area contributed by atoms with Crippen molar-refractivity contribution < 1.29 is 4.92 Å². The number of non-ortho nitro benzene ring substituents is 1. The van der Waals surface area contributed by atoms with E-state index in [0.717, 1.165) is 53.5 Å². The van der Waals surface area contributed by atoms with Crippen LogP contribution in [0.25, 0.3) is 49.0 Å². The molecule has 0 spiro atoms. The van der Waals surface area contributed by atoms with Gasteiger partial charge in [-0.25, -0.2) is 0 Å². The Balaban J connectivity index is 1.88. The van der Waals surface area contributed by atoms with Crippen LogP contribution in [0.4, 0.5) is 5.69 Å². The molecule has 148 valence electrons. The van der Waals surface area contributed by atoms with Crippen molar-refractivity contribution in [2.45, 2.75) is 0 Å². The first-order valence-electron chi connectivity index (χ1n) is 9.91. The lowest BCUT2D eigenvalue weighted by Gasteiger charge is -2.13. The molecule has 0 amide bonds. The minimum Gasteiger partial charge on any atom is -0.308 e. The quantitative estimate of drug-likeness (QED) is 0.193. The topological polar surface area (TPSA) is 48.1 Å². The molecule has 0 unspecified atom stereocenters. The van der Waals surface area contributed by atoms with Crippen LogP contribution in [0, 0.1) is 10.1 Å². The zero-order valence-corrected chi connectivity index (χ0v) is 17.8. The van der Waals surface area contributed by atoms with Crippen molar-refractivity contribution in [3.63, 3.8) is 0 Å². The van der Waals surface area contributed by atoms with Gasteiger partial charge in [0.05, 0.1) is 21.6 Å². The lowest BCUT2D eigenvalue weighted by molar-refractivity contribution is -0.384. The predicted molar refractivity (Wildman–Crippen MR) is 130 cm³/mol. The molecule has 5 heteroatoms. The van der Waals surface area contributed by atoms with Crippen molar-refractivity contribution in [1.82, 2.24) is 4.57 Å². The van der Waals surface area contributed by atoms with E-state index in [4.69, 9.17) is 0 Å². The van der Waals surface area contributed by atoms with Crippen molar-refractivity contribution in [2.75, 3.05) is 0 Å². The molecule has 0 aliphatic carbocycles. The number of rotatable bonds is 2. The third-order valence-electron chi connectivity index (χ3n) is 5.92. The van der Waals surface area contributed by atoms with Gasteiger partial charge in [0.25, 0.3) is 5.69 Å². The Labute approximate surface area is 185 Å². The molecule has 0 aliphatic heterocycles. The fraction of sp³-hybridized carbons (Fsp3) is 0. The number of nitrogens with zero attached hydrogens (tertiary/aromatic N) is 2. The van der Waals surface area contributed by atoms with Crippen molar-refractivity contribution in [1.29, 1.82) is 0 Å². The minimum absolute atomic E-state index is 0.0896. The van der Waals surface area contributed by atoms with Crippen LogP contribution in [0.1, 0.15) is 0 Å². The summed E-state index contributed by atoms with van der Waals surface area (Å²) in [4.78, 5) is 11.1. The third kappa shape index (κ3) is 2.60. The van der Waals surface area contributed by atoms with Gasteiger partial charge in [0.2, 0.25) is 0 Å². The average Bonchev–Trinajstić information content (AvgIpc) is 3.12. The Morgan fingerprint density at radius 1 is 0.742 bits per heavy atom. The maximum absolute atomic E-state index is 11.5. The molecular formula is C26H15BrN2O2. The fourth-order valence-electron chi connectivity index (χ4n) is 4.59. The van der Waals surface area contributed by atoms with E-state index in [1.165, 1.54) is 0 Å². The fourth-order valence-corrected chi connectivity index (χ4v) is 5.15. The number of para-hydroxylation sites is 1. The van der Waals surface area contributed by atoms with Crippen LogP contribution in [0.3, 0.4) is 0 Å². The molecule has 6 rings (SSSR count). The summed E-state index contributed by atoms with van der Waals surface area (Å²) in [5.41, 5.74) is 3.17. The van der Waals surface area contributed by atoms with Gasteiger partial charge in [0.15, 0.2) is 0 Å². The molecule has 0 fully saturated rings. The van der Waals surface area contributed by atoms with Gasteiger partial charge in [0, 0.05) is 38.2 Å². The van der Waals surface area contributed by atoms with E-state index >= 15 is 0 Å². The van der Waals surface area contributed by atoms with E-state index in [1.54, 1.807) is 12.1 Å².